The Hall–Kier alpha value is -1.62. The van der Waals surface area contributed by atoms with Gasteiger partial charge in [0.15, 0.2) is 0 Å². The maximum absolute atomic E-state index is 12.1. The molecular weight excluding hydrogens is 309 g/mol. The van der Waals surface area contributed by atoms with Crippen LogP contribution in [0.25, 0.3) is 11.1 Å². The second kappa shape index (κ2) is 7.09. The smallest absolute Gasteiger partial charge is 0.255 e. The van der Waals surface area contributed by atoms with Crippen LogP contribution in [-0.2, 0) is 17.2 Å². The molecule has 0 aromatic heterocycles. The van der Waals surface area contributed by atoms with Crippen molar-refractivity contribution in [1.29, 1.82) is 0 Å². The van der Waals surface area contributed by atoms with E-state index in [-0.39, 0.29) is 6.42 Å². The largest absolute Gasteiger partial charge is 0.389 e. The molecule has 0 aliphatic heterocycles. The van der Waals surface area contributed by atoms with Gasteiger partial charge in [0.1, 0.15) is 0 Å². The first-order chi connectivity index (χ1) is 10.3. The molecule has 1 nitrogen and oxygen atoms in total. The van der Waals surface area contributed by atoms with E-state index in [4.69, 9.17) is 0 Å². The minimum absolute atomic E-state index is 0.111. The van der Waals surface area contributed by atoms with Crippen molar-refractivity contribution in [3.63, 3.8) is 0 Å². The molecule has 0 spiro atoms. The minimum Gasteiger partial charge on any atom is -0.255 e. The van der Waals surface area contributed by atoms with Crippen molar-refractivity contribution >= 4 is 10.8 Å². The topological polar surface area (TPSA) is 17.1 Å². The summed E-state index contributed by atoms with van der Waals surface area (Å²) in [6.45, 7) is 0. The Labute approximate surface area is 130 Å². The SMILES string of the molecule is CS(=O)c1ccc(-c2ccc(CCCC(F)(F)F)cc2)cc1. The number of halogens is 3. The van der Waals surface area contributed by atoms with E-state index in [1.54, 1.807) is 6.26 Å². The molecular formula is C17H17F3OS. The molecule has 0 aliphatic rings. The Morgan fingerprint density at radius 2 is 1.41 bits per heavy atom. The number of hydrogen-bond donors (Lipinski definition) is 0. The van der Waals surface area contributed by atoms with Gasteiger partial charge in [0, 0.05) is 28.4 Å². The van der Waals surface area contributed by atoms with Gasteiger partial charge in [-0.1, -0.05) is 36.4 Å². The summed E-state index contributed by atoms with van der Waals surface area (Å²) in [5.41, 5.74) is 2.89. The van der Waals surface area contributed by atoms with Gasteiger partial charge in [-0.3, -0.25) is 4.21 Å². The van der Waals surface area contributed by atoms with E-state index in [2.05, 4.69) is 0 Å². The molecule has 0 saturated carbocycles. The minimum atomic E-state index is -4.08. The van der Waals surface area contributed by atoms with Crippen LogP contribution in [0.1, 0.15) is 18.4 Å². The molecule has 0 saturated heterocycles. The summed E-state index contributed by atoms with van der Waals surface area (Å²) in [7, 11) is -1.00. The second-order valence-electron chi connectivity index (χ2n) is 5.14. The van der Waals surface area contributed by atoms with Gasteiger partial charge in [-0.05, 0) is 41.7 Å². The molecule has 1 atom stereocenters. The number of benzene rings is 2. The third kappa shape index (κ3) is 4.98. The molecule has 0 aliphatic carbocycles. The predicted octanol–water partition coefficient (Wildman–Crippen LogP) is 4.98. The van der Waals surface area contributed by atoms with E-state index in [9.17, 15) is 17.4 Å². The molecule has 0 bridgehead atoms. The molecule has 0 amide bonds. The number of alkyl halides is 3. The zero-order valence-corrected chi connectivity index (χ0v) is 13.0. The maximum Gasteiger partial charge on any atom is 0.389 e. The average molecular weight is 326 g/mol. The quantitative estimate of drug-likeness (QED) is 0.757. The van der Waals surface area contributed by atoms with Gasteiger partial charge in [-0.15, -0.1) is 0 Å². The monoisotopic (exact) mass is 326 g/mol. The van der Waals surface area contributed by atoms with Gasteiger partial charge in [0.05, 0.1) is 0 Å². The van der Waals surface area contributed by atoms with Crippen LogP contribution in [0.5, 0.6) is 0 Å². The summed E-state index contributed by atoms with van der Waals surface area (Å²) in [6, 6.07) is 15.0. The van der Waals surface area contributed by atoms with Crippen molar-refractivity contribution in [3.05, 3.63) is 54.1 Å². The lowest BCUT2D eigenvalue weighted by atomic mass is 10.0. The van der Waals surface area contributed by atoms with Crippen LogP contribution in [0.15, 0.2) is 53.4 Å². The van der Waals surface area contributed by atoms with Crippen LogP contribution >= 0.6 is 0 Å². The summed E-state index contributed by atoms with van der Waals surface area (Å²) in [6.07, 6.45) is -2.66. The van der Waals surface area contributed by atoms with Crippen LogP contribution in [0, 0.1) is 0 Å². The van der Waals surface area contributed by atoms with Gasteiger partial charge in [0.2, 0.25) is 0 Å². The molecule has 2 aromatic rings. The molecule has 118 valence electrons. The van der Waals surface area contributed by atoms with Crippen molar-refractivity contribution in [1.82, 2.24) is 0 Å². The lowest BCUT2D eigenvalue weighted by Crippen LogP contribution is -2.07. The lowest BCUT2D eigenvalue weighted by Gasteiger charge is -2.07. The molecule has 22 heavy (non-hydrogen) atoms. The average Bonchev–Trinajstić information content (AvgIpc) is 2.47. The summed E-state index contributed by atoms with van der Waals surface area (Å²) in [5.74, 6) is 0. The van der Waals surface area contributed by atoms with Crippen molar-refractivity contribution in [2.45, 2.75) is 30.3 Å². The van der Waals surface area contributed by atoms with Crippen molar-refractivity contribution in [2.75, 3.05) is 6.26 Å². The zero-order valence-electron chi connectivity index (χ0n) is 12.2. The number of aryl methyl sites for hydroxylation is 1. The Kier molecular flexibility index (Phi) is 5.40. The Morgan fingerprint density at radius 1 is 0.909 bits per heavy atom. The Balaban J connectivity index is 2.00. The fourth-order valence-corrected chi connectivity index (χ4v) is 2.72. The van der Waals surface area contributed by atoms with E-state index < -0.39 is 23.4 Å². The second-order valence-corrected chi connectivity index (χ2v) is 6.52. The summed E-state index contributed by atoms with van der Waals surface area (Å²) in [4.78, 5) is 0.771. The van der Waals surface area contributed by atoms with Crippen molar-refractivity contribution < 1.29 is 17.4 Å². The van der Waals surface area contributed by atoms with Crippen LogP contribution in [0.4, 0.5) is 13.2 Å². The Bertz CT molecular complexity index is 630. The first kappa shape index (κ1) is 16.7. The van der Waals surface area contributed by atoms with E-state index in [1.807, 2.05) is 48.5 Å². The van der Waals surface area contributed by atoms with E-state index in [0.29, 0.717) is 6.42 Å². The molecule has 0 fully saturated rings. The third-order valence-corrected chi connectivity index (χ3v) is 4.34. The van der Waals surface area contributed by atoms with E-state index >= 15 is 0 Å². The van der Waals surface area contributed by atoms with Crippen molar-refractivity contribution in [2.24, 2.45) is 0 Å². The zero-order chi connectivity index (χ0) is 16.2. The molecule has 2 rings (SSSR count). The molecule has 1 unspecified atom stereocenters. The van der Waals surface area contributed by atoms with Gasteiger partial charge in [-0.2, -0.15) is 13.2 Å². The summed E-state index contributed by atoms with van der Waals surface area (Å²) >= 11 is 0. The molecule has 0 radical (unpaired) electrons. The number of rotatable bonds is 5. The first-order valence-electron chi connectivity index (χ1n) is 6.95. The fraction of sp³-hybridized carbons (Fsp3) is 0.294. The van der Waals surface area contributed by atoms with E-state index in [1.165, 1.54) is 0 Å². The molecule has 0 heterocycles. The normalized spacial score (nSPS) is 13.1. The highest BCUT2D eigenvalue weighted by molar-refractivity contribution is 7.84. The third-order valence-electron chi connectivity index (χ3n) is 3.40. The molecule has 5 heteroatoms. The van der Waals surface area contributed by atoms with E-state index in [0.717, 1.165) is 21.6 Å². The van der Waals surface area contributed by atoms with Gasteiger partial charge >= 0.3 is 6.18 Å². The first-order valence-corrected chi connectivity index (χ1v) is 8.50. The highest BCUT2D eigenvalue weighted by Gasteiger charge is 2.25. The van der Waals surface area contributed by atoms with Crippen LogP contribution in [0.3, 0.4) is 0 Å². The van der Waals surface area contributed by atoms with Crippen LogP contribution in [0.2, 0.25) is 0 Å². The predicted molar refractivity (Wildman–Crippen MR) is 83.2 cm³/mol. The number of hydrogen-bond acceptors (Lipinski definition) is 1. The van der Waals surface area contributed by atoms with Gasteiger partial charge in [0.25, 0.3) is 0 Å². The van der Waals surface area contributed by atoms with Gasteiger partial charge < -0.3 is 0 Å². The standard InChI is InChI=1S/C17H17F3OS/c1-22(21)16-10-8-15(9-11-16)14-6-4-13(5-7-14)3-2-12-17(18,19)20/h4-11H,2-3,12H2,1H3. The van der Waals surface area contributed by atoms with Crippen LogP contribution in [-0.4, -0.2) is 16.6 Å². The molecule has 0 N–H and O–H groups in total. The Morgan fingerprint density at radius 3 is 1.86 bits per heavy atom. The molecule has 2 aromatic carbocycles. The summed E-state index contributed by atoms with van der Waals surface area (Å²) < 4.78 is 47.7. The van der Waals surface area contributed by atoms with Gasteiger partial charge in [-0.25, -0.2) is 0 Å². The van der Waals surface area contributed by atoms with Crippen LogP contribution < -0.4 is 0 Å². The van der Waals surface area contributed by atoms with Crippen molar-refractivity contribution in [3.8, 4) is 11.1 Å². The highest BCUT2D eigenvalue weighted by atomic mass is 32.2. The summed E-state index contributed by atoms with van der Waals surface area (Å²) in [5, 5.41) is 0. The lowest BCUT2D eigenvalue weighted by molar-refractivity contribution is -0.135. The fourth-order valence-electron chi connectivity index (χ4n) is 2.20. The maximum atomic E-state index is 12.1. The highest BCUT2D eigenvalue weighted by Crippen LogP contribution is 2.24.